The number of carboxylic acid groups (broad SMARTS) is 1. The molecule has 246 valence electrons. The third-order valence-electron chi connectivity index (χ3n) is 4.55. The lowest BCUT2D eigenvalue weighted by Crippen LogP contribution is -2.38. The highest BCUT2D eigenvalue weighted by molar-refractivity contribution is 7.76. The number of aliphatic carboxylic acids is 1. The van der Waals surface area contributed by atoms with Gasteiger partial charge >= 0.3 is 18.2 Å². The Kier molecular flexibility index (Phi) is 22.0. The van der Waals surface area contributed by atoms with Crippen LogP contribution in [0.5, 0.6) is 0 Å². The van der Waals surface area contributed by atoms with Crippen LogP contribution in [0.25, 0.3) is 0 Å². The number of alkyl carbamates (subject to hydrolysis) is 2. The summed E-state index contributed by atoms with van der Waals surface area (Å²) in [7, 11) is 19.9. The fraction of sp³-hybridized carbons (Fsp3) is 0.429. The number of rotatable bonds is 8. The number of hydrogen-bond acceptors (Lipinski definition) is 9. The highest BCUT2D eigenvalue weighted by atomic mass is 16.6. The quantitative estimate of drug-likeness (QED) is 0.163. The molecule has 0 aliphatic rings. The van der Waals surface area contributed by atoms with E-state index in [0.717, 1.165) is 0 Å². The van der Waals surface area contributed by atoms with E-state index in [1.807, 2.05) is 6.07 Å². The number of carbonyl (C=O) groups is 4. The maximum atomic E-state index is 11.6. The van der Waals surface area contributed by atoms with Gasteiger partial charge in [0.25, 0.3) is 0 Å². The molecule has 0 fully saturated rings. The summed E-state index contributed by atoms with van der Waals surface area (Å²) in [5.41, 5.74) is 17.9. The third-order valence-corrected chi connectivity index (χ3v) is 4.55. The number of anilines is 4. The predicted molar refractivity (Wildman–Crippen MR) is 195 cm³/mol. The summed E-state index contributed by atoms with van der Waals surface area (Å²) < 4.78 is 9.93. The second kappa shape index (κ2) is 23.1. The number of ether oxygens (including phenoxy) is 2. The number of benzene rings is 2. The third kappa shape index (κ3) is 31.5. The lowest BCUT2D eigenvalue weighted by atomic mass is 8.81. The first kappa shape index (κ1) is 44.8. The van der Waals surface area contributed by atoms with Crippen molar-refractivity contribution in [2.45, 2.75) is 65.6 Å². The predicted octanol–water partition coefficient (Wildman–Crippen LogP) is 1.67. The van der Waals surface area contributed by atoms with Crippen LogP contribution < -0.4 is 33.2 Å². The standard InChI is InChI=1S/C14H21N3O3.C8H15NO4.C6H8N2.B6/c1-14(2,3)20-13(19)16-8-7-12(18)17-11-6-4-5-10(15)9-11;1-8(2,3)13-7(12)9-5-4-6(10)11;7-5-2-1-3-6(8)4-5;1-5(2)6(3)4/h4-6,9H,7-8,15H2,1-3H3,(H,16,19)(H,17,18);4-5H2,1-3H3,(H,9,12)(H,10,11);1-4H,7-8H2;. The smallest absolute Gasteiger partial charge is 0.407 e. The van der Waals surface area contributed by atoms with Crippen LogP contribution in [0.15, 0.2) is 48.5 Å². The highest BCUT2D eigenvalue weighted by Crippen LogP contribution is 2.12. The molecule has 0 aliphatic heterocycles. The Hall–Kier alpha value is -4.29. The van der Waals surface area contributed by atoms with Gasteiger partial charge in [0.2, 0.25) is 5.91 Å². The Bertz CT molecular complexity index is 1220. The molecule has 0 aliphatic carbocycles. The van der Waals surface area contributed by atoms with Crippen molar-refractivity contribution in [3.05, 3.63) is 48.5 Å². The molecule has 0 spiro atoms. The van der Waals surface area contributed by atoms with Gasteiger partial charge in [0.1, 0.15) is 11.2 Å². The van der Waals surface area contributed by atoms with Gasteiger partial charge in [0.05, 0.1) is 6.42 Å². The van der Waals surface area contributed by atoms with Crippen molar-refractivity contribution in [1.82, 2.24) is 10.6 Å². The van der Waals surface area contributed by atoms with Crippen LogP contribution in [-0.4, -0.2) is 97.2 Å². The van der Waals surface area contributed by atoms with E-state index in [4.69, 9.17) is 62.7 Å². The van der Waals surface area contributed by atoms with Crippen molar-refractivity contribution in [2.75, 3.05) is 35.6 Å². The van der Waals surface area contributed by atoms with Crippen molar-refractivity contribution in [3.8, 4) is 0 Å². The number of carboxylic acids is 1. The number of nitrogen functional groups attached to an aromatic ring is 3. The van der Waals surface area contributed by atoms with Gasteiger partial charge in [-0.1, -0.05) is 12.1 Å². The summed E-state index contributed by atoms with van der Waals surface area (Å²) in [5.74, 6) is -1.15. The van der Waals surface area contributed by atoms with Crippen LogP contribution in [0.4, 0.5) is 32.3 Å². The molecule has 8 radical (unpaired) electrons. The minimum atomic E-state index is -0.948. The van der Waals surface area contributed by atoms with E-state index in [2.05, 4.69) is 16.0 Å². The molecule has 2 rings (SSSR count). The summed E-state index contributed by atoms with van der Waals surface area (Å²) in [4.78, 5) is 44.0. The highest BCUT2D eigenvalue weighted by Gasteiger charge is 2.16. The van der Waals surface area contributed by atoms with Crippen LogP contribution in [0.1, 0.15) is 54.4 Å². The lowest BCUT2D eigenvalue weighted by Gasteiger charge is -2.19. The molecule has 19 heteroatoms. The van der Waals surface area contributed by atoms with Gasteiger partial charge in [-0.15, -0.1) is 0 Å². The minimum Gasteiger partial charge on any atom is -0.481 e. The fourth-order valence-corrected chi connectivity index (χ4v) is 2.58. The molecule has 13 nitrogen and oxygen atoms in total. The van der Waals surface area contributed by atoms with Gasteiger partial charge in [-0.2, -0.15) is 0 Å². The van der Waals surface area contributed by atoms with E-state index in [1.165, 1.54) is 0 Å². The van der Waals surface area contributed by atoms with Gasteiger partial charge in [-0.3, -0.25) is 9.59 Å². The topological polar surface area (TPSA) is 221 Å². The molecule has 2 aromatic rings. The minimum absolute atomic E-state index is 0.0875. The van der Waals surface area contributed by atoms with Crippen molar-refractivity contribution < 1.29 is 33.8 Å². The van der Waals surface area contributed by atoms with Gasteiger partial charge in [0.15, 0.2) is 0 Å². The Morgan fingerprint density at radius 3 is 1.40 bits per heavy atom. The van der Waals surface area contributed by atoms with Gasteiger partial charge in [0, 0.05) is 86.0 Å². The van der Waals surface area contributed by atoms with E-state index in [1.54, 1.807) is 84.0 Å². The monoisotopic (exact) mass is 642 g/mol. The number of nitrogens with one attached hydrogen (secondary N) is 3. The maximum absolute atomic E-state index is 11.6. The zero-order valence-corrected chi connectivity index (χ0v) is 28.0. The van der Waals surface area contributed by atoms with Crippen molar-refractivity contribution in [3.63, 3.8) is 0 Å². The maximum Gasteiger partial charge on any atom is 0.407 e. The molecule has 0 saturated heterocycles. The Morgan fingerprint density at radius 2 is 1.09 bits per heavy atom. The number of nitrogens with two attached hydrogens (primary N) is 3. The zero-order chi connectivity index (χ0) is 36.8. The molecule has 2 aromatic carbocycles. The van der Waals surface area contributed by atoms with Crippen LogP contribution >= 0.6 is 0 Å². The van der Waals surface area contributed by atoms with Crippen LogP contribution in [0, 0.1) is 0 Å². The SMILES string of the molecule is CC(C)(C)OC(=O)NCCC(=O)Nc1cccc(N)c1.CC(C)(C)OC(=O)NCCC(=O)O.Nc1cccc(N)c1.[B]B([B])B([B])[B]. The molecule has 47 heavy (non-hydrogen) atoms. The number of amides is 3. The van der Waals surface area contributed by atoms with Crippen LogP contribution in [0.3, 0.4) is 0 Å². The first-order valence-electron chi connectivity index (χ1n) is 14.4. The number of carbonyl (C=O) groups excluding carboxylic acids is 3. The summed E-state index contributed by atoms with van der Waals surface area (Å²) in [6, 6.07) is 14.1. The van der Waals surface area contributed by atoms with E-state index < -0.39 is 42.1 Å². The second-order valence-electron chi connectivity index (χ2n) is 11.7. The molecule has 0 atom stereocenters. The van der Waals surface area contributed by atoms with E-state index in [0.29, 0.717) is 22.7 Å². The molecular formula is C28H44B6N6O7. The fourth-order valence-electron chi connectivity index (χ4n) is 2.58. The van der Waals surface area contributed by atoms with E-state index in [-0.39, 0.29) is 31.8 Å². The van der Waals surface area contributed by atoms with Gasteiger partial charge in [-0.05, 0) is 77.9 Å². The summed E-state index contributed by atoms with van der Waals surface area (Å²) in [6.07, 6.45) is -2.24. The number of hydrogen-bond donors (Lipinski definition) is 7. The average molecular weight is 642 g/mol. The second-order valence-corrected chi connectivity index (χ2v) is 11.7. The molecule has 10 N–H and O–H groups in total. The summed E-state index contributed by atoms with van der Waals surface area (Å²) >= 11 is 0. The molecule has 3 amide bonds. The summed E-state index contributed by atoms with van der Waals surface area (Å²) in [6.45, 7) is 10.8. The lowest BCUT2D eigenvalue weighted by molar-refractivity contribution is -0.136. The van der Waals surface area contributed by atoms with E-state index in [9.17, 15) is 19.2 Å². The first-order valence-corrected chi connectivity index (χ1v) is 14.4. The normalized spacial score (nSPS) is 10.0. The van der Waals surface area contributed by atoms with Crippen molar-refractivity contribution in [2.24, 2.45) is 0 Å². The molecule has 0 saturated carbocycles. The van der Waals surface area contributed by atoms with Crippen molar-refractivity contribution in [1.29, 1.82) is 0 Å². The Balaban J connectivity index is 0. The first-order chi connectivity index (χ1) is 21.5. The molecule has 0 bridgehead atoms. The van der Waals surface area contributed by atoms with Crippen LogP contribution in [0.2, 0.25) is 0 Å². The largest absolute Gasteiger partial charge is 0.481 e. The Morgan fingerprint density at radius 1 is 0.702 bits per heavy atom. The van der Waals surface area contributed by atoms with Gasteiger partial charge in [-0.25, -0.2) is 9.59 Å². The van der Waals surface area contributed by atoms with E-state index >= 15 is 0 Å². The van der Waals surface area contributed by atoms with Crippen LogP contribution in [-0.2, 0) is 19.1 Å². The molecule has 0 heterocycles. The Labute approximate surface area is 284 Å². The molecule has 0 unspecified atom stereocenters. The van der Waals surface area contributed by atoms with Crippen molar-refractivity contribution >= 4 is 90.5 Å². The zero-order valence-electron chi connectivity index (χ0n) is 28.0. The summed E-state index contributed by atoms with van der Waals surface area (Å²) in [5, 5.41) is 15.8. The molecular weight excluding hydrogens is 597 g/mol. The molecule has 0 aromatic heterocycles. The average Bonchev–Trinajstić information content (AvgIpc) is 2.87. The van der Waals surface area contributed by atoms with Gasteiger partial charge < -0.3 is 47.7 Å².